The average Bonchev–Trinajstić information content (AvgIpc) is 2.90. The summed E-state index contributed by atoms with van der Waals surface area (Å²) in [6.07, 6.45) is 0. The maximum Gasteiger partial charge on any atom is 0.342 e. The smallest absolute Gasteiger partial charge is 0.342 e. The first-order valence-corrected chi connectivity index (χ1v) is 8.13. The molecule has 1 aliphatic rings. The second-order valence-corrected chi connectivity index (χ2v) is 5.91. The van der Waals surface area contributed by atoms with Crippen LogP contribution < -0.4 is 10.1 Å². The van der Waals surface area contributed by atoms with E-state index in [-0.39, 0.29) is 33.9 Å². The Kier molecular flexibility index (Phi) is 4.99. The van der Waals surface area contributed by atoms with Crippen molar-refractivity contribution in [2.75, 3.05) is 26.1 Å². The molecule has 2 N–H and O–H groups in total. The lowest BCUT2D eigenvalue weighted by molar-refractivity contribution is -0.119. The molecule has 0 atom stereocenters. The Morgan fingerprint density at radius 2 is 1.82 bits per heavy atom. The fourth-order valence-corrected chi connectivity index (χ4v) is 2.70. The van der Waals surface area contributed by atoms with Crippen LogP contribution in [0.15, 0.2) is 36.4 Å². The van der Waals surface area contributed by atoms with Gasteiger partial charge in [0.2, 0.25) is 0 Å². The number of fused-ring (bicyclic) bond motifs is 1. The summed E-state index contributed by atoms with van der Waals surface area (Å²) >= 11 is 0. The molecule has 0 aliphatic carbocycles. The third-order valence-corrected chi connectivity index (χ3v) is 4.15. The number of benzene rings is 2. The molecule has 0 radical (unpaired) electrons. The number of aromatic hydroxyl groups is 1. The van der Waals surface area contributed by atoms with Gasteiger partial charge in [0.15, 0.2) is 18.1 Å². The Balaban J connectivity index is 1.64. The van der Waals surface area contributed by atoms with Crippen molar-refractivity contribution in [3.63, 3.8) is 0 Å². The highest BCUT2D eigenvalue weighted by atomic mass is 16.5. The lowest BCUT2D eigenvalue weighted by atomic mass is 10.1. The van der Waals surface area contributed by atoms with Gasteiger partial charge >= 0.3 is 5.97 Å². The highest BCUT2D eigenvalue weighted by Gasteiger charge is 2.32. The maximum atomic E-state index is 12.1. The van der Waals surface area contributed by atoms with Crippen molar-refractivity contribution in [2.45, 2.75) is 0 Å². The van der Waals surface area contributed by atoms with Crippen LogP contribution in [-0.4, -0.2) is 54.5 Å². The molecule has 9 nitrogen and oxygen atoms in total. The summed E-state index contributed by atoms with van der Waals surface area (Å²) in [6.45, 7) is -0.612. The summed E-state index contributed by atoms with van der Waals surface area (Å²) in [5, 5.41) is 12.4. The van der Waals surface area contributed by atoms with E-state index in [2.05, 4.69) is 5.32 Å². The van der Waals surface area contributed by atoms with Gasteiger partial charge in [-0.1, -0.05) is 6.07 Å². The van der Waals surface area contributed by atoms with E-state index in [0.29, 0.717) is 0 Å². The number of hydrogen-bond acceptors (Lipinski definition) is 7. The van der Waals surface area contributed by atoms with Crippen molar-refractivity contribution < 1.29 is 33.8 Å². The predicted octanol–water partition coefficient (Wildman–Crippen LogP) is 1.42. The first kappa shape index (κ1) is 18.9. The highest BCUT2D eigenvalue weighted by molar-refractivity contribution is 6.21. The zero-order valence-corrected chi connectivity index (χ0v) is 15.0. The van der Waals surface area contributed by atoms with Gasteiger partial charge < -0.3 is 19.9 Å². The zero-order valence-electron chi connectivity index (χ0n) is 15.0. The molecule has 2 aromatic carbocycles. The number of carbonyl (C=O) groups is 4. The topological polar surface area (TPSA) is 122 Å². The van der Waals surface area contributed by atoms with Crippen LogP contribution in [0.3, 0.4) is 0 Å². The molecule has 0 saturated heterocycles. The highest BCUT2D eigenvalue weighted by Crippen LogP contribution is 2.29. The van der Waals surface area contributed by atoms with Crippen LogP contribution in [-0.2, 0) is 9.53 Å². The van der Waals surface area contributed by atoms with E-state index < -0.39 is 30.3 Å². The molecule has 0 aromatic heterocycles. The Morgan fingerprint density at radius 3 is 2.54 bits per heavy atom. The molecule has 0 saturated carbocycles. The number of methoxy groups -OCH3 is 1. The number of phenols is 1. The van der Waals surface area contributed by atoms with E-state index in [9.17, 15) is 24.3 Å². The van der Waals surface area contributed by atoms with Gasteiger partial charge in [0, 0.05) is 12.7 Å². The van der Waals surface area contributed by atoms with Crippen LogP contribution in [0.5, 0.6) is 11.5 Å². The largest absolute Gasteiger partial charge is 0.504 e. The lowest BCUT2D eigenvalue weighted by Crippen LogP contribution is -2.24. The van der Waals surface area contributed by atoms with E-state index >= 15 is 0 Å². The summed E-state index contributed by atoms with van der Waals surface area (Å²) in [6, 6.07) is 8.58. The molecule has 28 heavy (non-hydrogen) atoms. The zero-order chi connectivity index (χ0) is 20.4. The molecule has 3 rings (SSSR count). The minimum absolute atomic E-state index is 0.0984. The number of imide groups is 1. The van der Waals surface area contributed by atoms with Crippen molar-refractivity contribution in [1.82, 2.24) is 4.90 Å². The summed E-state index contributed by atoms with van der Waals surface area (Å²) in [5.74, 6) is -2.72. The molecular weight excluding hydrogens is 368 g/mol. The van der Waals surface area contributed by atoms with Gasteiger partial charge in [-0.25, -0.2) is 4.79 Å². The number of para-hydroxylation sites is 1. The van der Waals surface area contributed by atoms with E-state index in [4.69, 9.17) is 9.47 Å². The maximum absolute atomic E-state index is 12.1. The number of nitrogens with one attached hydrogen (secondary N) is 1. The molecule has 1 heterocycles. The number of nitrogens with zero attached hydrogens (tertiary/aromatic N) is 1. The van der Waals surface area contributed by atoms with Crippen LogP contribution in [0.4, 0.5) is 5.69 Å². The Bertz CT molecular complexity index is 1000. The van der Waals surface area contributed by atoms with Crippen molar-refractivity contribution in [2.24, 2.45) is 0 Å². The third-order valence-electron chi connectivity index (χ3n) is 4.15. The van der Waals surface area contributed by atoms with Gasteiger partial charge in [-0.2, -0.15) is 0 Å². The molecule has 0 spiro atoms. The third kappa shape index (κ3) is 3.37. The van der Waals surface area contributed by atoms with Crippen molar-refractivity contribution in [3.05, 3.63) is 53.1 Å². The van der Waals surface area contributed by atoms with Crippen LogP contribution in [0.25, 0.3) is 0 Å². The molecule has 9 heteroatoms. The molecule has 0 unspecified atom stereocenters. The fourth-order valence-electron chi connectivity index (χ4n) is 2.70. The van der Waals surface area contributed by atoms with Gasteiger partial charge in [0.25, 0.3) is 17.7 Å². The Labute approximate surface area is 159 Å². The monoisotopic (exact) mass is 384 g/mol. The van der Waals surface area contributed by atoms with Crippen LogP contribution in [0, 0.1) is 0 Å². The van der Waals surface area contributed by atoms with E-state index in [1.807, 2.05) is 0 Å². The minimum atomic E-state index is -0.900. The summed E-state index contributed by atoms with van der Waals surface area (Å²) in [5.41, 5.74) is 0.575. The van der Waals surface area contributed by atoms with Gasteiger partial charge in [0.1, 0.15) is 5.56 Å². The fraction of sp³-hybridized carbons (Fsp3) is 0.158. The molecule has 1 aliphatic heterocycles. The van der Waals surface area contributed by atoms with Crippen molar-refractivity contribution >= 4 is 29.4 Å². The number of rotatable bonds is 5. The van der Waals surface area contributed by atoms with Crippen LogP contribution in [0.1, 0.15) is 31.1 Å². The predicted molar refractivity (Wildman–Crippen MR) is 96.4 cm³/mol. The number of ether oxygens (including phenoxy) is 2. The summed E-state index contributed by atoms with van der Waals surface area (Å²) in [7, 11) is 2.71. The number of esters is 1. The molecule has 144 valence electrons. The Hall–Kier alpha value is -3.88. The van der Waals surface area contributed by atoms with E-state index in [0.717, 1.165) is 4.90 Å². The quantitative estimate of drug-likeness (QED) is 0.590. The van der Waals surface area contributed by atoms with E-state index in [1.165, 1.54) is 50.6 Å². The standard InChI is InChI=1S/C19H16N2O7/c1-21-17(24)11-7-6-10(8-13(11)18(21)25)20-15(22)9-28-19(26)12-4-3-5-14(27-2)16(12)23/h3-8,23H,9H2,1-2H3,(H,20,22). The van der Waals surface area contributed by atoms with Crippen LogP contribution in [0.2, 0.25) is 0 Å². The summed E-state index contributed by atoms with van der Waals surface area (Å²) in [4.78, 5) is 48.9. The lowest BCUT2D eigenvalue weighted by Gasteiger charge is -2.09. The first-order valence-electron chi connectivity index (χ1n) is 8.13. The SMILES string of the molecule is COc1cccc(C(=O)OCC(=O)Nc2ccc3c(c2)C(=O)N(C)C3=O)c1O. The molecule has 0 fully saturated rings. The number of hydrogen-bond donors (Lipinski definition) is 2. The number of anilines is 1. The van der Waals surface area contributed by atoms with Gasteiger partial charge in [-0.15, -0.1) is 0 Å². The Morgan fingerprint density at radius 1 is 1.11 bits per heavy atom. The second-order valence-electron chi connectivity index (χ2n) is 5.91. The van der Waals surface area contributed by atoms with Gasteiger partial charge in [-0.05, 0) is 30.3 Å². The normalized spacial score (nSPS) is 12.6. The molecule has 0 bridgehead atoms. The molecule has 2 aromatic rings. The molecule has 3 amide bonds. The van der Waals surface area contributed by atoms with E-state index in [1.54, 1.807) is 0 Å². The first-order chi connectivity index (χ1) is 13.3. The molecular formula is C19H16N2O7. The number of phenolic OH excluding ortho intramolecular Hbond substituents is 1. The van der Waals surface area contributed by atoms with Crippen LogP contribution >= 0.6 is 0 Å². The minimum Gasteiger partial charge on any atom is -0.504 e. The van der Waals surface area contributed by atoms with Crippen molar-refractivity contribution in [1.29, 1.82) is 0 Å². The number of amides is 3. The van der Waals surface area contributed by atoms with Crippen molar-refractivity contribution in [3.8, 4) is 11.5 Å². The average molecular weight is 384 g/mol. The number of carbonyl (C=O) groups excluding carboxylic acids is 4. The van der Waals surface area contributed by atoms with Gasteiger partial charge in [0.05, 0.1) is 18.2 Å². The summed E-state index contributed by atoms with van der Waals surface area (Å²) < 4.78 is 9.80. The second kappa shape index (κ2) is 7.39. The van der Waals surface area contributed by atoms with Gasteiger partial charge in [-0.3, -0.25) is 19.3 Å².